The molecule has 0 radical (unpaired) electrons. The highest BCUT2D eigenvalue weighted by Gasteiger charge is 2.23. The van der Waals surface area contributed by atoms with Gasteiger partial charge in [0, 0.05) is 57.0 Å². The van der Waals surface area contributed by atoms with Crippen LogP contribution >= 0.6 is 0 Å². The van der Waals surface area contributed by atoms with Crippen molar-refractivity contribution in [2.24, 2.45) is 0 Å². The summed E-state index contributed by atoms with van der Waals surface area (Å²) >= 11 is 0. The molecule has 25 heavy (non-hydrogen) atoms. The molecule has 0 N–H and O–H groups in total. The van der Waals surface area contributed by atoms with Gasteiger partial charge in [0.1, 0.15) is 12.1 Å². The summed E-state index contributed by atoms with van der Waals surface area (Å²) in [5, 5.41) is 4.19. The average Bonchev–Trinajstić information content (AvgIpc) is 3.23. The number of aromatic nitrogens is 5. The highest BCUT2D eigenvalue weighted by atomic mass is 16.2. The molecule has 4 heterocycles. The quantitative estimate of drug-likeness (QED) is 0.711. The summed E-state index contributed by atoms with van der Waals surface area (Å²) in [6.45, 7) is 2.74. The predicted octanol–water partition coefficient (Wildman–Crippen LogP) is 1.02. The fraction of sp³-hybridized carbons (Fsp3) is 0.235. The molecule has 0 aromatic carbocycles. The van der Waals surface area contributed by atoms with Crippen LogP contribution in [-0.2, 0) is 0 Å². The fourth-order valence-electron chi connectivity index (χ4n) is 2.85. The minimum Gasteiger partial charge on any atom is -0.353 e. The number of anilines is 1. The number of carbonyl (C=O) groups is 1. The Morgan fingerprint density at radius 2 is 1.84 bits per heavy atom. The maximum Gasteiger partial charge on any atom is 0.255 e. The predicted molar refractivity (Wildman–Crippen MR) is 91.5 cm³/mol. The van der Waals surface area contributed by atoms with E-state index in [4.69, 9.17) is 0 Å². The molecule has 1 aliphatic rings. The van der Waals surface area contributed by atoms with Crippen LogP contribution in [-0.4, -0.2) is 61.7 Å². The van der Waals surface area contributed by atoms with Crippen molar-refractivity contribution in [2.45, 2.75) is 0 Å². The maximum atomic E-state index is 12.5. The largest absolute Gasteiger partial charge is 0.353 e. The van der Waals surface area contributed by atoms with Crippen molar-refractivity contribution < 1.29 is 4.79 Å². The summed E-state index contributed by atoms with van der Waals surface area (Å²) in [4.78, 5) is 29.1. The molecule has 1 amide bonds. The normalized spacial score (nSPS) is 14.6. The van der Waals surface area contributed by atoms with Gasteiger partial charge in [-0.3, -0.25) is 9.78 Å². The first kappa shape index (κ1) is 15.3. The van der Waals surface area contributed by atoms with Crippen molar-refractivity contribution in [3.8, 4) is 5.82 Å². The van der Waals surface area contributed by atoms with Gasteiger partial charge >= 0.3 is 0 Å². The molecule has 126 valence electrons. The van der Waals surface area contributed by atoms with Gasteiger partial charge in [-0.15, -0.1) is 0 Å². The van der Waals surface area contributed by atoms with Gasteiger partial charge in [0.05, 0.1) is 5.56 Å². The van der Waals surface area contributed by atoms with Gasteiger partial charge in [-0.25, -0.2) is 14.6 Å². The van der Waals surface area contributed by atoms with Crippen molar-refractivity contribution >= 4 is 11.7 Å². The lowest BCUT2D eigenvalue weighted by Crippen LogP contribution is -2.49. The Morgan fingerprint density at radius 1 is 1.00 bits per heavy atom. The van der Waals surface area contributed by atoms with Gasteiger partial charge in [-0.1, -0.05) is 0 Å². The molecule has 0 saturated carbocycles. The second-order valence-corrected chi connectivity index (χ2v) is 5.71. The zero-order valence-corrected chi connectivity index (χ0v) is 13.6. The molecular weight excluding hydrogens is 318 g/mol. The van der Waals surface area contributed by atoms with Crippen LogP contribution in [0.15, 0.2) is 55.4 Å². The third-order valence-electron chi connectivity index (χ3n) is 4.18. The van der Waals surface area contributed by atoms with Crippen LogP contribution in [0.4, 0.5) is 5.82 Å². The molecule has 0 unspecified atom stereocenters. The summed E-state index contributed by atoms with van der Waals surface area (Å²) in [5.74, 6) is 1.59. The Bertz CT molecular complexity index is 842. The number of amides is 1. The molecule has 1 fully saturated rings. The Kier molecular flexibility index (Phi) is 4.07. The second-order valence-electron chi connectivity index (χ2n) is 5.71. The summed E-state index contributed by atoms with van der Waals surface area (Å²) < 4.78 is 1.70. The number of hydrogen-bond acceptors (Lipinski definition) is 6. The van der Waals surface area contributed by atoms with Crippen LogP contribution in [0.25, 0.3) is 5.82 Å². The highest BCUT2D eigenvalue weighted by Crippen LogP contribution is 2.16. The second kappa shape index (κ2) is 6.68. The molecule has 8 heteroatoms. The standard InChI is InChI=1S/C17H17N7O/c25-17(14-3-1-4-18-12-14)23-9-7-22(8-10-23)15-11-16(20-13-19-15)24-6-2-5-21-24/h1-6,11-13H,7-10H2. The summed E-state index contributed by atoms with van der Waals surface area (Å²) in [5.41, 5.74) is 0.624. The summed E-state index contributed by atoms with van der Waals surface area (Å²) in [6, 6.07) is 7.33. The number of carbonyl (C=O) groups excluding carboxylic acids is 1. The van der Waals surface area contributed by atoms with Crippen molar-refractivity contribution in [1.29, 1.82) is 0 Å². The average molecular weight is 335 g/mol. The Labute approximate surface area is 144 Å². The molecule has 8 nitrogen and oxygen atoms in total. The summed E-state index contributed by atoms with van der Waals surface area (Å²) in [6.07, 6.45) is 8.37. The van der Waals surface area contributed by atoms with Gasteiger partial charge in [-0.2, -0.15) is 5.10 Å². The van der Waals surface area contributed by atoms with E-state index >= 15 is 0 Å². The van der Waals surface area contributed by atoms with Crippen LogP contribution in [0.1, 0.15) is 10.4 Å². The van der Waals surface area contributed by atoms with Crippen LogP contribution < -0.4 is 4.90 Å². The minimum absolute atomic E-state index is 0.0210. The smallest absolute Gasteiger partial charge is 0.255 e. The number of piperazine rings is 1. The van der Waals surface area contributed by atoms with Gasteiger partial charge in [0.15, 0.2) is 5.82 Å². The van der Waals surface area contributed by atoms with E-state index in [2.05, 4.69) is 25.0 Å². The van der Waals surface area contributed by atoms with Gasteiger partial charge < -0.3 is 9.80 Å². The van der Waals surface area contributed by atoms with E-state index in [0.717, 1.165) is 24.7 Å². The Hall–Kier alpha value is -3.29. The fourth-order valence-corrected chi connectivity index (χ4v) is 2.85. The number of hydrogen-bond donors (Lipinski definition) is 0. The summed E-state index contributed by atoms with van der Waals surface area (Å²) in [7, 11) is 0. The third kappa shape index (κ3) is 3.18. The monoisotopic (exact) mass is 335 g/mol. The van der Waals surface area contributed by atoms with Gasteiger partial charge in [-0.05, 0) is 18.2 Å². The first-order valence-electron chi connectivity index (χ1n) is 8.07. The molecule has 3 aromatic rings. The van der Waals surface area contributed by atoms with Gasteiger partial charge in [0.2, 0.25) is 0 Å². The Balaban J connectivity index is 1.44. The van der Waals surface area contributed by atoms with E-state index in [0.29, 0.717) is 18.7 Å². The van der Waals surface area contributed by atoms with Crippen LogP contribution in [0.5, 0.6) is 0 Å². The van der Waals surface area contributed by atoms with E-state index in [1.54, 1.807) is 41.7 Å². The van der Waals surface area contributed by atoms with E-state index in [9.17, 15) is 4.79 Å². The molecule has 4 rings (SSSR count). The SMILES string of the molecule is O=C(c1cccnc1)N1CCN(c2cc(-n3cccn3)ncn2)CC1. The molecule has 1 saturated heterocycles. The van der Waals surface area contributed by atoms with Crippen molar-refractivity contribution in [3.05, 3.63) is 60.9 Å². The molecule has 0 atom stereocenters. The minimum atomic E-state index is 0.0210. The van der Waals surface area contributed by atoms with E-state index in [1.165, 1.54) is 0 Å². The van der Waals surface area contributed by atoms with Crippen LogP contribution in [0.3, 0.4) is 0 Å². The van der Waals surface area contributed by atoms with Crippen LogP contribution in [0.2, 0.25) is 0 Å². The van der Waals surface area contributed by atoms with E-state index in [-0.39, 0.29) is 5.91 Å². The lowest BCUT2D eigenvalue weighted by molar-refractivity contribution is 0.0746. The van der Waals surface area contributed by atoms with Crippen molar-refractivity contribution in [3.63, 3.8) is 0 Å². The Morgan fingerprint density at radius 3 is 2.56 bits per heavy atom. The van der Waals surface area contributed by atoms with E-state index in [1.807, 2.05) is 23.2 Å². The molecule has 1 aliphatic heterocycles. The molecule has 0 bridgehead atoms. The highest BCUT2D eigenvalue weighted by molar-refractivity contribution is 5.94. The van der Waals surface area contributed by atoms with Gasteiger partial charge in [0.25, 0.3) is 5.91 Å². The molecular formula is C17H17N7O. The van der Waals surface area contributed by atoms with Crippen molar-refractivity contribution in [1.82, 2.24) is 29.6 Å². The van der Waals surface area contributed by atoms with Crippen molar-refractivity contribution in [2.75, 3.05) is 31.1 Å². The third-order valence-corrected chi connectivity index (χ3v) is 4.18. The molecule has 3 aromatic heterocycles. The van der Waals surface area contributed by atoms with E-state index < -0.39 is 0 Å². The topological polar surface area (TPSA) is 80.0 Å². The van der Waals surface area contributed by atoms with Crippen LogP contribution in [0, 0.1) is 0 Å². The number of pyridine rings is 1. The zero-order chi connectivity index (χ0) is 17.1. The first-order chi connectivity index (χ1) is 12.3. The lowest BCUT2D eigenvalue weighted by atomic mass is 10.2. The molecule has 0 aliphatic carbocycles. The zero-order valence-electron chi connectivity index (χ0n) is 13.6. The number of rotatable bonds is 3. The number of nitrogens with zero attached hydrogens (tertiary/aromatic N) is 7. The maximum absolute atomic E-state index is 12.5. The first-order valence-corrected chi connectivity index (χ1v) is 8.07. The lowest BCUT2D eigenvalue weighted by Gasteiger charge is -2.35. The molecule has 0 spiro atoms.